The highest BCUT2D eigenvalue weighted by atomic mass is 35.5. The van der Waals surface area contributed by atoms with Crippen LogP contribution in [0.3, 0.4) is 0 Å². The van der Waals surface area contributed by atoms with Gasteiger partial charge in [-0.25, -0.2) is 4.98 Å². The van der Waals surface area contributed by atoms with Crippen molar-refractivity contribution in [3.05, 3.63) is 22.8 Å². The summed E-state index contributed by atoms with van der Waals surface area (Å²) in [7, 11) is 4.07. The van der Waals surface area contributed by atoms with Gasteiger partial charge in [-0.1, -0.05) is 11.6 Å². The molecule has 112 valence electrons. The molecule has 4 nitrogen and oxygen atoms in total. The topological polar surface area (TPSA) is 37.4 Å². The molecule has 0 unspecified atom stereocenters. The fraction of sp³-hybridized carbons (Fsp3) is 0.667. The van der Waals surface area contributed by atoms with Crippen LogP contribution in [-0.4, -0.2) is 42.2 Å². The summed E-state index contributed by atoms with van der Waals surface area (Å²) in [6.07, 6.45) is 4.39. The molecule has 1 fully saturated rings. The highest BCUT2D eigenvalue weighted by Crippen LogP contribution is 2.25. The first-order valence-electron chi connectivity index (χ1n) is 7.06. The average molecular weight is 298 g/mol. The monoisotopic (exact) mass is 297 g/mol. The molecule has 0 saturated heterocycles. The minimum absolute atomic E-state index is 0.0583. The van der Waals surface area contributed by atoms with Crippen molar-refractivity contribution in [3.63, 3.8) is 0 Å². The molecule has 1 aliphatic carbocycles. The SMILES string of the molecule is CN(C)C(C)(C)COc1ncc(CNC2CC2)cc1Cl. The second-order valence-corrected chi connectivity index (χ2v) is 6.69. The largest absolute Gasteiger partial charge is 0.475 e. The molecule has 0 spiro atoms. The molecule has 2 rings (SSSR count). The van der Waals surface area contributed by atoms with Crippen LogP contribution in [0.2, 0.25) is 5.02 Å². The van der Waals surface area contributed by atoms with Crippen LogP contribution in [0.4, 0.5) is 0 Å². The average Bonchev–Trinajstić information content (AvgIpc) is 3.19. The van der Waals surface area contributed by atoms with Crippen molar-refractivity contribution in [3.8, 4) is 5.88 Å². The van der Waals surface area contributed by atoms with E-state index in [0.717, 1.165) is 12.1 Å². The van der Waals surface area contributed by atoms with E-state index in [1.165, 1.54) is 12.8 Å². The standard InChI is InChI=1S/C15H24ClN3O/c1-15(2,19(3)4)10-20-14-13(16)7-11(9-18-14)8-17-12-5-6-12/h7,9,12,17H,5-6,8,10H2,1-4H3. The Hall–Kier alpha value is -0.840. The van der Waals surface area contributed by atoms with Gasteiger partial charge in [0.15, 0.2) is 0 Å². The van der Waals surface area contributed by atoms with Crippen LogP contribution in [0.1, 0.15) is 32.3 Å². The first kappa shape index (κ1) is 15.5. The maximum Gasteiger partial charge on any atom is 0.232 e. The van der Waals surface area contributed by atoms with Crippen molar-refractivity contribution in [2.45, 2.75) is 44.8 Å². The summed E-state index contributed by atoms with van der Waals surface area (Å²) >= 11 is 6.24. The molecule has 0 aromatic carbocycles. The second kappa shape index (κ2) is 6.29. The predicted octanol–water partition coefficient (Wildman–Crippen LogP) is 2.71. The van der Waals surface area contributed by atoms with Gasteiger partial charge in [-0.05, 0) is 52.4 Å². The lowest BCUT2D eigenvalue weighted by Gasteiger charge is -2.32. The Bertz CT molecular complexity index is 458. The van der Waals surface area contributed by atoms with Gasteiger partial charge in [-0.3, -0.25) is 0 Å². The molecular formula is C15H24ClN3O. The maximum absolute atomic E-state index is 6.24. The second-order valence-electron chi connectivity index (χ2n) is 6.28. The highest BCUT2D eigenvalue weighted by Gasteiger charge is 2.22. The van der Waals surface area contributed by atoms with Crippen LogP contribution in [-0.2, 0) is 6.54 Å². The number of halogens is 1. The molecule has 0 radical (unpaired) electrons. The quantitative estimate of drug-likeness (QED) is 0.840. The smallest absolute Gasteiger partial charge is 0.232 e. The number of hydrogen-bond donors (Lipinski definition) is 1. The van der Waals surface area contributed by atoms with Crippen LogP contribution in [0.25, 0.3) is 0 Å². The van der Waals surface area contributed by atoms with Gasteiger partial charge in [-0.2, -0.15) is 0 Å². The Morgan fingerprint density at radius 2 is 2.15 bits per heavy atom. The molecule has 0 amide bonds. The Kier molecular flexibility index (Phi) is 4.89. The molecule has 1 aliphatic rings. The van der Waals surface area contributed by atoms with E-state index >= 15 is 0 Å². The number of pyridine rings is 1. The summed E-state index contributed by atoms with van der Waals surface area (Å²) in [6.45, 7) is 5.61. The van der Waals surface area contributed by atoms with Crippen LogP contribution in [0, 0.1) is 0 Å². The van der Waals surface area contributed by atoms with E-state index in [0.29, 0.717) is 23.6 Å². The lowest BCUT2D eigenvalue weighted by atomic mass is 10.1. The lowest BCUT2D eigenvalue weighted by molar-refractivity contribution is 0.111. The Morgan fingerprint density at radius 1 is 1.45 bits per heavy atom. The molecule has 0 atom stereocenters. The van der Waals surface area contributed by atoms with Gasteiger partial charge in [0.05, 0.1) is 0 Å². The van der Waals surface area contributed by atoms with Crippen LogP contribution < -0.4 is 10.1 Å². The summed E-state index contributed by atoms with van der Waals surface area (Å²) in [5.41, 5.74) is 1.04. The van der Waals surface area contributed by atoms with Gasteiger partial charge < -0.3 is 15.0 Å². The Morgan fingerprint density at radius 3 is 2.70 bits per heavy atom. The minimum Gasteiger partial charge on any atom is -0.475 e. The van der Waals surface area contributed by atoms with Crippen molar-refractivity contribution in [1.82, 2.24) is 15.2 Å². The third-order valence-electron chi connectivity index (χ3n) is 3.81. The van der Waals surface area contributed by atoms with E-state index in [2.05, 4.69) is 29.0 Å². The van der Waals surface area contributed by atoms with E-state index in [-0.39, 0.29) is 5.54 Å². The summed E-state index contributed by atoms with van der Waals surface area (Å²) < 4.78 is 5.75. The fourth-order valence-electron chi connectivity index (χ4n) is 1.59. The third kappa shape index (κ3) is 4.33. The van der Waals surface area contributed by atoms with Gasteiger partial charge in [0.2, 0.25) is 5.88 Å². The Balaban J connectivity index is 1.91. The van der Waals surface area contributed by atoms with Crippen LogP contribution in [0.5, 0.6) is 5.88 Å². The van der Waals surface area contributed by atoms with E-state index in [4.69, 9.17) is 16.3 Å². The summed E-state index contributed by atoms with van der Waals surface area (Å²) in [6, 6.07) is 2.62. The predicted molar refractivity (Wildman–Crippen MR) is 82.4 cm³/mol. The molecule has 1 N–H and O–H groups in total. The van der Waals surface area contributed by atoms with E-state index in [9.17, 15) is 0 Å². The van der Waals surface area contributed by atoms with E-state index < -0.39 is 0 Å². The molecule has 1 aromatic heterocycles. The third-order valence-corrected chi connectivity index (χ3v) is 4.08. The van der Waals surface area contributed by atoms with Gasteiger partial charge in [0.25, 0.3) is 0 Å². The van der Waals surface area contributed by atoms with E-state index in [1.54, 1.807) is 0 Å². The summed E-state index contributed by atoms with van der Waals surface area (Å²) in [5, 5.41) is 4.02. The zero-order valence-electron chi connectivity index (χ0n) is 12.7. The van der Waals surface area contributed by atoms with Gasteiger partial charge in [0.1, 0.15) is 11.6 Å². The zero-order valence-corrected chi connectivity index (χ0v) is 13.5. The summed E-state index contributed by atoms with van der Waals surface area (Å²) in [4.78, 5) is 6.45. The first-order chi connectivity index (χ1) is 9.38. The molecular weight excluding hydrogens is 274 g/mol. The maximum atomic E-state index is 6.24. The minimum atomic E-state index is -0.0583. The number of nitrogens with one attached hydrogen (secondary N) is 1. The number of nitrogens with zero attached hydrogens (tertiary/aromatic N) is 2. The fourth-order valence-corrected chi connectivity index (χ4v) is 1.84. The van der Waals surface area contributed by atoms with Crippen molar-refractivity contribution < 1.29 is 4.74 Å². The number of aromatic nitrogens is 1. The lowest BCUT2D eigenvalue weighted by Crippen LogP contribution is -2.43. The van der Waals surface area contributed by atoms with Crippen molar-refractivity contribution in [2.24, 2.45) is 0 Å². The number of rotatable bonds is 7. The van der Waals surface area contributed by atoms with Crippen LogP contribution >= 0.6 is 11.6 Å². The van der Waals surface area contributed by atoms with E-state index in [1.807, 2.05) is 26.4 Å². The number of hydrogen-bond acceptors (Lipinski definition) is 4. The van der Waals surface area contributed by atoms with Gasteiger partial charge >= 0.3 is 0 Å². The molecule has 0 bridgehead atoms. The van der Waals surface area contributed by atoms with Gasteiger partial charge in [-0.15, -0.1) is 0 Å². The zero-order chi connectivity index (χ0) is 14.8. The summed E-state index contributed by atoms with van der Waals surface area (Å²) in [5.74, 6) is 0.511. The molecule has 1 saturated carbocycles. The van der Waals surface area contributed by atoms with Crippen molar-refractivity contribution in [2.75, 3.05) is 20.7 Å². The molecule has 1 heterocycles. The highest BCUT2D eigenvalue weighted by molar-refractivity contribution is 6.31. The van der Waals surface area contributed by atoms with Crippen molar-refractivity contribution >= 4 is 11.6 Å². The van der Waals surface area contributed by atoms with Gasteiger partial charge in [0, 0.05) is 24.3 Å². The Labute approximate surface area is 126 Å². The first-order valence-corrected chi connectivity index (χ1v) is 7.44. The normalized spacial score (nSPS) is 15.7. The molecule has 5 heteroatoms. The molecule has 1 aromatic rings. The number of likely N-dealkylation sites (N-methyl/N-ethyl adjacent to an activating group) is 1. The van der Waals surface area contributed by atoms with Crippen molar-refractivity contribution in [1.29, 1.82) is 0 Å². The number of ether oxygens (including phenoxy) is 1. The van der Waals surface area contributed by atoms with Crippen LogP contribution in [0.15, 0.2) is 12.3 Å². The molecule has 20 heavy (non-hydrogen) atoms. The molecule has 0 aliphatic heterocycles.